The van der Waals surface area contributed by atoms with Crippen LogP contribution in [-0.4, -0.2) is 31.6 Å². The van der Waals surface area contributed by atoms with Crippen molar-refractivity contribution in [1.29, 1.82) is 0 Å². The van der Waals surface area contributed by atoms with E-state index < -0.39 is 6.10 Å². The van der Waals surface area contributed by atoms with Crippen molar-refractivity contribution >= 4 is 18.3 Å². The van der Waals surface area contributed by atoms with Gasteiger partial charge in [-0.3, -0.25) is 4.79 Å². The molecule has 0 spiro atoms. The Morgan fingerprint density at radius 1 is 1.38 bits per heavy atom. The van der Waals surface area contributed by atoms with E-state index in [1.807, 2.05) is 18.2 Å². The van der Waals surface area contributed by atoms with Crippen molar-refractivity contribution in [1.82, 2.24) is 10.6 Å². The summed E-state index contributed by atoms with van der Waals surface area (Å²) >= 11 is 0. The first-order valence-electron chi connectivity index (χ1n) is 7.31. The molecular formula is C16H25ClN2O2. The van der Waals surface area contributed by atoms with Gasteiger partial charge in [0, 0.05) is 25.6 Å². The van der Waals surface area contributed by atoms with Gasteiger partial charge < -0.3 is 15.4 Å². The topological polar surface area (TPSA) is 50.4 Å². The first-order chi connectivity index (χ1) is 9.56. The number of hydrogen-bond acceptors (Lipinski definition) is 3. The van der Waals surface area contributed by atoms with E-state index in [0.717, 1.165) is 25.4 Å². The predicted octanol–water partition coefficient (Wildman–Crippen LogP) is 2.33. The molecule has 0 aliphatic carbocycles. The molecule has 118 valence electrons. The van der Waals surface area contributed by atoms with E-state index in [-0.39, 0.29) is 18.3 Å². The second-order valence-electron chi connectivity index (χ2n) is 5.76. The van der Waals surface area contributed by atoms with E-state index >= 15 is 0 Å². The lowest BCUT2D eigenvalue weighted by atomic mass is 10.0. The minimum atomic E-state index is -0.467. The number of ether oxygens (including phenoxy) is 1. The Balaban J connectivity index is 0.00000220. The van der Waals surface area contributed by atoms with Gasteiger partial charge in [-0.2, -0.15) is 0 Å². The lowest BCUT2D eigenvalue weighted by molar-refractivity contribution is -0.127. The number of amides is 1. The fourth-order valence-corrected chi connectivity index (χ4v) is 2.09. The van der Waals surface area contributed by atoms with E-state index in [9.17, 15) is 4.79 Å². The number of carbonyl (C=O) groups is 1. The monoisotopic (exact) mass is 312 g/mol. The van der Waals surface area contributed by atoms with Crippen LogP contribution in [0.3, 0.4) is 0 Å². The van der Waals surface area contributed by atoms with Crippen LogP contribution in [0.25, 0.3) is 0 Å². The summed E-state index contributed by atoms with van der Waals surface area (Å²) in [6.07, 6.45) is -0.467. The van der Waals surface area contributed by atoms with Gasteiger partial charge in [0.1, 0.15) is 5.75 Å². The van der Waals surface area contributed by atoms with E-state index in [4.69, 9.17) is 4.74 Å². The third kappa shape index (κ3) is 5.21. The Labute approximate surface area is 133 Å². The van der Waals surface area contributed by atoms with Crippen molar-refractivity contribution in [2.75, 3.05) is 19.6 Å². The second-order valence-corrected chi connectivity index (χ2v) is 5.76. The maximum absolute atomic E-state index is 12.0. The quantitative estimate of drug-likeness (QED) is 0.847. The van der Waals surface area contributed by atoms with E-state index in [2.05, 4.69) is 30.5 Å². The summed E-state index contributed by atoms with van der Waals surface area (Å²) in [5.74, 6) is 1.72. The van der Waals surface area contributed by atoms with Gasteiger partial charge in [-0.25, -0.2) is 0 Å². The van der Waals surface area contributed by atoms with Crippen LogP contribution in [-0.2, 0) is 4.79 Å². The van der Waals surface area contributed by atoms with Gasteiger partial charge in [0.2, 0.25) is 0 Å². The fourth-order valence-electron chi connectivity index (χ4n) is 2.09. The fraction of sp³-hybridized carbons (Fsp3) is 0.562. The number of halogens is 1. The van der Waals surface area contributed by atoms with Crippen LogP contribution in [0.15, 0.2) is 24.3 Å². The van der Waals surface area contributed by atoms with Crippen LogP contribution >= 0.6 is 12.4 Å². The molecule has 1 aliphatic heterocycles. The summed E-state index contributed by atoms with van der Waals surface area (Å²) in [5.41, 5.74) is 1.22. The lowest BCUT2D eigenvalue weighted by Gasteiger charge is -2.27. The van der Waals surface area contributed by atoms with E-state index in [0.29, 0.717) is 11.8 Å². The third-order valence-corrected chi connectivity index (χ3v) is 3.64. The molecule has 0 radical (unpaired) electrons. The van der Waals surface area contributed by atoms with Crippen LogP contribution in [0.1, 0.15) is 32.3 Å². The Hall–Kier alpha value is -1.26. The summed E-state index contributed by atoms with van der Waals surface area (Å²) < 4.78 is 5.72. The molecule has 2 rings (SSSR count). The van der Waals surface area contributed by atoms with Crippen LogP contribution in [0.4, 0.5) is 0 Å². The molecule has 2 N–H and O–H groups in total. The molecule has 1 aliphatic rings. The lowest BCUT2D eigenvalue weighted by Crippen LogP contribution is -2.49. The second kappa shape index (κ2) is 8.25. The van der Waals surface area contributed by atoms with Crippen LogP contribution < -0.4 is 15.4 Å². The van der Waals surface area contributed by atoms with Crippen LogP contribution in [0.2, 0.25) is 0 Å². The molecule has 0 bridgehead atoms. The van der Waals surface area contributed by atoms with Gasteiger partial charge in [0.25, 0.3) is 5.91 Å². The number of rotatable bonds is 6. The highest BCUT2D eigenvalue weighted by atomic mass is 35.5. The third-order valence-electron chi connectivity index (χ3n) is 3.64. The zero-order chi connectivity index (χ0) is 14.5. The van der Waals surface area contributed by atoms with Gasteiger partial charge in [-0.05, 0) is 30.5 Å². The zero-order valence-electron chi connectivity index (χ0n) is 12.9. The summed E-state index contributed by atoms with van der Waals surface area (Å²) in [6, 6.07) is 7.94. The molecule has 5 heteroatoms. The number of benzene rings is 1. The molecule has 1 fully saturated rings. The molecule has 1 aromatic rings. The minimum absolute atomic E-state index is 0. The summed E-state index contributed by atoms with van der Waals surface area (Å²) in [4.78, 5) is 12.0. The summed E-state index contributed by atoms with van der Waals surface area (Å²) in [6.45, 7) is 8.78. The molecule has 1 amide bonds. The van der Waals surface area contributed by atoms with Gasteiger partial charge in [-0.1, -0.05) is 26.0 Å². The Bertz CT molecular complexity index is 461. The standard InChI is InChI=1S/C16H24N2O2.ClH/c1-11(2)14-5-4-6-15(7-14)20-12(3)16(19)18-10-13-8-17-9-13;/h4-7,11-13,17H,8-10H2,1-3H3,(H,18,19);1H. The van der Waals surface area contributed by atoms with Gasteiger partial charge in [0.05, 0.1) is 0 Å². The summed E-state index contributed by atoms with van der Waals surface area (Å²) in [5, 5.41) is 6.13. The first-order valence-corrected chi connectivity index (χ1v) is 7.31. The number of nitrogens with one attached hydrogen (secondary N) is 2. The first kappa shape index (κ1) is 17.8. The Morgan fingerprint density at radius 2 is 2.10 bits per heavy atom. The van der Waals surface area contributed by atoms with Crippen LogP contribution in [0, 0.1) is 5.92 Å². The van der Waals surface area contributed by atoms with Crippen molar-refractivity contribution in [2.45, 2.75) is 32.8 Å². The highest BCUT2D eigenvalue weighted by Crippen LogP contribution is 2.21. The molecular weight excluding hydrogens is 288 g/mol. The maximum Gasteiger partial charge on any atom is 0.260 e. The molecule has 0 aromatic heterocycles. The molecule has 4 nitrogen and oxygen atoms in total. The molecule has 1 aromatic carbocycles. The van der Waals surface area contributed by atoms with Crippen LogP contribution in [0.5, 0.6) is 5.75 Å². The number of carbonyl (C=O) groups excluding carboxylic acids is 1. The van der Waals surface area contributed by atoms with Gasteiger partial charge in [0.15, 0.2) is 6.10 Å². The van der Waals surface area contributed by atoms with E-state index in [1.165, 1.54) is 5.56 Å². The largest absolute Gasteiger partial charge is 0.481 e. The average molecular weight is 313 g/mol. The van der Waals surface area contributed by atoms with Crippen molar-refractivity contribution in [2.24, 2.45) is 5.92 Å². The van der Waals surface area contributed by atoms with Crippen molar-refractivity contribution < 1.29 is 9.53 Å². The molecule has 1 unspecified atom stereocenters. The summed E-state index contributed by atoms with van der Waals surface area (Å²) in [7, 11) is 0. The molecule has 1 heterocycles. The smallest absolute Gasteiger partial charge is 0.260 e. The maximum atomic E-state index is 12.0. The van der Waals surface area contributed by atoms with Crippen molar-refractivity contribution in [3.8, 4) is 5.75 Å². The van der Waals surface area contributed by atoms with Gasteiger partial charge >= 0.3 is 0 Å². The highest BCUT2D eigenvalue weighted by molar-refractivity contribution is 5.85. The van der Waals surface area contributed by atoms with Gasteiger partial charge in [-0.15, -0.1) is 12.4 Å². The van der Waals surface area contributed by atoms with Crippen molar-refractivity contribution in [3.63, 3.8) is 0 Å². The molecule has 21 heavy (non-hydrogen) atoms. The Morgan fingerprint density at radius 3 is 2.67 bits per heavy atom. The van der Waals surface area contributed by atoms with Crippen molar-refractivity contribution in [3.05, 3.63) is 29.8 Å². The SMILES string of the molecule is CC(Oc1cccc(C(C)C)c1)C(=O)NCC1CNC1.Cl. The number of hydrogen-bond donors (Lipinski definition) is 2. The Kier molecular flexibility index (Phi) is 6.99. The highest BCUT2D eigenvalue weighted by Gasteiger charge is 2.20. The average Bonchev–Trinajstić information content (AvgIpc) is 2.37. The predicted molar refractivity (Wildman–Crippen MR) is 87.2 cm³/mol. The minimum Gasteiger partial charge on any atom is -0.481 e. The zero-order valence-corrected chi connectivity index (χ0v) is 13.7. The normalized spacial score (nSPS) is 15.8. The molecule has 0 saturated carbocycles. The molecule has 1 saturated heterocycles. The van der Waals surface area contributed by atoms with E-state index in [1.54, 1.807) is 6.92 Å². The molecule has 1 atom stereocenters.